The molecule has 0 heterocycles. The molecule has 0 aromatic carbocycles. The summed E-state index contributed by atoms with van der Waals surface area (Å²) in [4.78, 5) is 19.6. The van der Waals surface area contributed by atoms with Gasteiger partial charge in [-0.15, -0.1) is 0 Å². The largest absolute Gasteiger partial charge is 0.491 e. The zero-order chi connectivity index (χ0) is 7.82. The van der Waals surface area contributed by atoms with Crippen LogP contribution in [0.25, 0.3) is 0 Å². The van der Waals surface area contributed by atoms with Crippen molar-refractivity contribution in [3.05, 3.63) is 12.3 Å². The third kappa shape index (κ3) is 5.03. The number of aldehydes is 2. The highest BCUT2D eigenvalue weighted by molar-refractivity contribution is 5.68. The predicted octanol–water partition coefficient (Wildman–Crippen LogP) is 0.695. The molecule has 0 saturated heterocycles. The van der Waals surface area contributed by atoms with Crippen molar-refractivity contribution in [2.75, 3.05) is 6.61 Å². The molecule has 3 heteroatoms. The van der Waals surface area contributed by atoms with E-state index < -0.39 is 0 Å². The molecule has 10 heavy (non-hydrogen) atoms. The lowest BCUT2D eigenvalue weighted by molar-refractivity contribution is -0.108. The molecule has 0 aromatic heterocycles. The van der Waals surface area contributed by atoms with Crippen LogP contribution in [0.4, 0.5) is 0 Å². The summed E-state index contributed by atoms with van der Waals surface area (Å²) in [6, 6.07) is 0. The Kier molecular flexibility index (Phi) is 5.33. The van der Waals surface area contributed by atoms with E-state index in [1.54, 1.807) is 0 Å². The summed E-state index contributed by atoms with van der Waals surface area (Å²) in [5, 5.41) is 0. The Balaban J connectivity index is 3.11. The van der Waals surface area contributed by atoms with Crippen LogP contribution in [0.5, 0.6) is 0 Å². The predicted molar refractivity (Wildman–Crippen MR) is 36.5 cm³/mol. The third-order valence-electron chi connectivity index (χ3n) is 0.885. The maximum atomic E-state index is 9.87. The third-order valence-corrected chi connectivity index (χ3v) is 0.885. The van der Waals surface area contributed by atoms with Crippen LogP contribution in [0, 0.1) is 0 Å². The molecule has 0 aliphatic heterocycles. The minimum Gasteiger partial charge on any atom is -0.491 e. The van der Waals surface area contributed by atoms with Crippen molar-refractivity contribution in [3.63, 3.8) is 0 Å². The SMILES string of the molecule is C=C(C=O)OCCCC=O. The van der Waals surface area contributed by atoms with Crippen LogP contribution < -0.4 is 0 Å². The van der Waals surface area contributed by atoms with E-state index in [1.165, 1.54) is 0 Å². The van der Waals surface area contributed by atoms with Gasteiger partial charge in [0.15, 0.2) is 12.0 Å². The maximum Gasteiger partial charge on any atom is 0.184 e. The van der Waals surface area contributed by atoms with Gasteiger partial charge in [-0.1, -0.05) is 6.58 Å². The molecule has 0 unspecified atom stereocenters. The highest BCUT2D eigenvalue weighted by Gasteiger charge is 1.89. The molecule has 0 radical (unpaired) electrons. The fraction of sp³-hybridized carbons (Fsp3) is 0.429. The first-order valence-corrected chi connectivity index (χ1v) is 3.01. The second-order valence-electron chi connectivity index (χ2n) is 1.74. The summed E-state index contributed by atoms with van der Waals surface area (Å²) in [5.74, 6) is 0.117. The lowest BCUT2D eigenvalue weighted by atomic mass is 10.3. The smallest absolute Gasteiger partial charge is 0.184 e. The topological polar surface area (TPSA) is 43.4 Å². The summed E-state index contributed by atoms with van der Waals surface area (Å²) in [6.45, 7) is 3.68. The van der Waals surface area contributed by atoms with E-state index in [0.717, 1.165) is 6.29 Å². The van der Waals surface area contributed by atoms with E-state index in [4.69, 9.17) is 4.74 Å². The average molecular weight is 142 g/mol. The first-order chi connectivity index (χ1) is 4.81. The van der Waals surface area contributed by atoms with Gasteiger partial charge in [0.25, 0.3) is 0 Å². The molecule has 56 valence electrons. The Morgan fingerprint density at radius 1 is 1.50 bits per heavy atom. The molecule has 0 saturated carbocycles. The molecule has 0 amide bonds. The second kappa shape index (κ2) is 6.01. The zero-order valence-corrected chi connectivity index (χ0v) is 5.71. The van der Waals surface area contributed by atoms with Crippen LogP contribution in [0.15, 0.2) is 12.3 Å². The van der Waals surface area contributed by atoms with Gasteiger partial charge >= 0.3 is 0 Å². The van der Waals surface area contributed by atoms with E-state index in [2.05, 4.69) is 6.58 Å². The van der Waals surface area contributed by atoms with E-state index in [0.29, 0.717) is 25.7 Å². The number of rotatable bonds is 6. The minimum absolute atomic E-state index is 0.117. The zero-order valence-electron chi connectivity index (χ0n) is 5.71. The average Bonchev–Trinajstić information content (AvgIpc) is 1.98. The Bertz CT molecular complexity index is 129. The molecule has 0 aliphatic carbocycles. The monoisotopic (exact) mass is 142 g/mol. The number of allylic oxidation sites excluding steroid dienone is 1. The molecule has 0 atom stereocenters. The number of carbonyl (C=O) groups is 2. The Hall–Kier alpha value is -1.12. The molecule has 0 spiro atoms. The molecule has 0 bridgehead atoms. The van der Waals surface area contributed by atoms with E-state index in [9.17, 15) is 9.59 Å². The standard InChI is InChI=1S/C7H10O3/c1-7(6-9)10-5-3-2-4-8/h4,6H,1-3,5H2. The molecule has 0 aromatic rings. The molecule has 0 rings (SSSR count). The van der Waals surface area contributed by atoms with Crippen LogP contribution in [-0.4, -0.2) is 19.2 Å². The van der Waals surface area contributed by atoms with Crippen LogP contribution in [-0.2, 0) is 14.3 Å². The van der Waals surface area contributed by atoms with Crippen LogP contribution in [0.1, 0.15) is 12.8 Å². The van der Waals surface area contributed by atoms with Crippen molar-refractivity contribution in [3.8, 4) is 0 Å². The van der Waals surface area contributed by atoms with Crippen molar-refractivity contribution >= 4 is 12.6 Å². The summed E-state index contributed by atoms with van der Waals surface area (Å²) in [6.07, 6.45) is 2.45. The minimum atomic E-state index is 0.117. The van der Waals surface area contributed by atoms with Crippen molar-refractivity contribution in [1.82, 2.24) is 0 Å². The lowest BCUT2D eigenvalue weighted by Gasteiger charge is -1.99. The van der Waals surface area contributed by atoms with Gasteiger partial charge in [-0.25, -0.2) is 0 Å². The summed E-state index contributed by atoms with van der Waals surface area (Å²) < 4.78 is 4.77. The molecular formula is C7H10O3. The Morgan fingerprint density at radius 3 is 2.70 bits per heavy atom. The first kappa shape index (κ1) is 8.88. The quantitative estimate of drug-likeness (QED) is 0.237. The van der Waals surface area contributed by atoms with Crippen LogP contribution >= 0.6 is 0 Å². The van der Waals surface area contributed by atoms with E-state index in [-0.39, 0.29) is 5.76 Å². The van der Waals surface area contributed by atoms with Crippen molar-refractivity contribution < 1.29 is 14.3 Å². The fourth-order valence-electron chi connectivity index (χ4n) is 0.404. The molecule has 0 N–H and O–H groups in total. The number of hydrogen-bond acceptors (Lipinski definition) is 3. The van der Waals surface area contributed by atoms with Gasteiger partial charge in [0.05, 0.1) is 6.61 Å². The number of unbranched alkanes of at least 4 members (excludes halogenated alkanes) is 1. The van der Waals surface area contributed by atoms with E-state index in [1.807, 2.05) is 0 Å². The molecular weight excluding hydrogens is 132 g/mol. The number of ether oxygens (including phenoxy) is 1. The van der Waals surface area contributed by atoms with Crippen molar-refractivity contribution in [2.24, 2.45) is 0 Å². The Morgan fingerprint density at radius 2 is 2.20 bits per heavy atom. The van der Waals surface area contributed by atoms with Gasteiger partial charge in [-0.2, -0.15) is 0 Å². The first-order valence-electron chi connectivity index (χ1n) is 3.01. The van der Waals surface area contributed by atoms with Gasteiger partial charge in [-0.3, -0.25) is 4.79 Å². The molecule has 0 aliphatic rings. The molecule has 0 fully saturated rings. The number of carbonyl (C=O) groups excluding carboxylic acids is 2. The summed E-state index contributed by atoms with van der Waals surface area (Å²) in [5.41, 5.74) is 0. The van der Waals surface area contributed by atoms with Crippen LogP contribution in [0.2, 0.25) is 0 Å². The van der Waals surface area contributed by atoms with Gasteiger partial charge in [0, 0.05) is 6.42 Å². The van der Waals surface area contributed by atoms with Crippen molar-refractivity contribution in [1.29, 1.82) is 0 Å². The maximum absolute atomic E-state index is 9.87. The van der Waals surface area contributed by atoms with E-state index >= 15 is 0 Å². The summed E-state index contributed by atoms with van der Waals surface area (Å²) >= 11 is 0. The van der Waals surface area contributed by atoms with Gasteiger partial charge in [-0.05, 0) is 6.42 Å². The van der Waals surface area contributed by atoms with Crippen LogP contribution in [0.3, 0.4) is 0 Å². The van der Waals surface area contributed by atoms with Crippen molar-refractivity contribution in [2.45, 2.75) is 12.8 Å². The van der Waals surface area contributed by atoms with Gasteiger partial charge in [0.2, 0.25) is 0 Å². The highest BCUT2D eigenvalue weighted by atomic mass is 16.5. The molecule has 3 nitrogen and oxygen atoms in total. The number of hydrogen-bond donors (Lipinski definition) is 0. The lowest BCUT2D eigenvalue weighted by Crippen LogP contribution is -1.94. The van der Waals surface area contributed by atoms with Gasteiger partial charge < -0.3 is 9.53 Å². The second-order valence-corrected chi connectivity index (χ2v) is 1.74. The Labute approximate surface area is 59.7 Å². The highest BCUT2D eigenvalue weighted by Crippen LogP contribution is 1.91. The normalized spacial score (nSPS) is 8.40. The summed E-state index contributed by atoms with van der Waals surface area (Å²) in [7, 11) is 0. The fourth-order valence-corrected chi connectivity index (χ4v) is 0.404. The van der Waals surface area contributed by atoms with Gasteiger partial charge in [0.1, 0.15) is 6.29 Å².